The van der Waals surface area contributed by atoms with Crippen LogP contribution >= 0.6 is 11.8 Å². The molecular formula is C18H30N2S. The zero-order valence-corrected chi connectivity index (χ0v) is 14.9. The topological polar surface area (TPSA) is 29.3 Å². The Hall–Kier alpha value is -0.510. The van der Waals surface area contributed by atoms with Gasteiger partial charge >= 0.3 is 0 Å². The first-order valence-corrected chi connectivity index (χ1v) is 8.95. The molecule has 0 spiro atoms. The molecule has 3 atom stereocenters. The van der Waals surface area contributed by atoms with Gasteiger partial charge in [-0.15, -0.1) is 0 Å². The van der Waals surface area contributed by atoms with Crippen molar-refractivity contribution in [3.63, 3.8) is 0 Å². The van der Waals surface area contributed by atoms with Crippen LogP contribution in [0.2, 0.25) is 0 Å². The maximum atomic E-state index is 6.10. The summed E-state index contributed by atoms with van der Waals surface area (Å²) < 4.78 is 0. The maximum Gasteiger partial charge on any atom is 0.0471 e. The largest absolute Gasteiger partial charge is 0.329 e. The second-order valence-corrected chi connectivity index (χ2v) is 9.22. The molecule has 1 aromatic carbocycles. The van der Waals surface area contributed by atoms with E-state index in [4.69, 9.17) is 5.73 Å². The molecule has 0 saturated carbocycles. The number of hydrogen-bond donors (Lipinski definition) is 1. The number of thioether (sulfide) groups is 1. The molecule has 1 heterocycles. The molecule has 0 bridgehead atoms. The van der Waals surface area contributed by atoms with Crippen molar-refractivity contribution in [1.29, 1.82) is 0 Å². The normalized spacial score (nSPS) is 25.8. The fourth-order valence-electron chi connectivity index (χ4n) is 3.17. The number of rotatable bonds is 3. The van der Waals surface area contributed by atoms with Gasteiger partial charge in [-0.25, -0.2) is 0 Å². The first-order chi connectivity index (χ1) is 9.81. The number of nitrogens with two attached hydrogens (primary N) is 1. The lowest BCUT2D eigenvalue weighted by Crippen LogP contribution is -2.44. The summed E-state index contributed by atoms with van der Waals surface area (Å²) in [5, 5.41) is 1.38. The van der Waals surface area contributed by atoms with E-state index in [1.807, 2.05) is 0 Å². The molecule has 3 heteroatoms. The average Bonchev–Trinajstić information content (AvgIpc) is 2.38. The minimum Gasteiger partial charge on any atom is -0.329 e. The van der Waals surface area contributed by atoms with E-state index in [1.54, 1.807) is 0 Å². The molecule has 118 valence electrons. The molecule has 2 N–H and O–H groups in total. The summed E-state index contributed by atoms with van der Waals surface area (Å²) in [5.41, 5.74) is 9.06. The second kappa shape index (κ2) is 6.72. The third-order valence-corrected chi connectivity index (χ3v) is 5.50. The van der Waals surface area contributed by atoms with Crippen LogP contribution in [0.3, 0.4) is 0 Å². The molecule has 0 amide bonds. The zero-order valence-electron chi connectivity index (χ0n) is 14.1. The van der Waals surface area contributed by atoms with Crippen LogP contribution in [0.1, 0.15) is 51.8 Å². The van der Waals surface area contributed by atoms with Crippen LogP contribution in [0.15, 0.2) is 24.3 Å². The predicted octanol–water partition coefficient (Wildman–Crippen LogP) is 3.81. The monoisotopic (exact) mass is 306 g/mol. The first kappa shape index (κ1) is 16.9. The van der Waals surface area contributed by atoms with Crippen molar-refractivity contribution in [2.24, 2.45) is 5.73 Å². The van der Waals surface area contributed by atoms with Gasteiger partial charge in [0.1, 0.15) is 0 Å². The van der Waals surface area contributed by atoms with Crippen LogP contribution in [0.25, 0.3) is 0 Å². The number of benzene rings is 1. The van der Waals surface area contributed by atoms with Gasteiger partial charge in [0.2, 0.25) is 0 Å². The Morgan fingerprint density at radius 3 is 2.10 bits per heavy atom. The molecule has 0 aliphatic carbocycles. The molecule has 0 aromatic heterocycles. The van der Waals surface area contributed by atoms with Gasteiger partial charge in [0.05, 0.1) is 0 Å². The highest BCUT2D eigenvalue weighted by molar-refractivity contribution is 8.00. The molecule has 1 saturated heterocycles. The quantitative estimate of drug-likeness (QED) is 0.921. The van der Waals surface area contributed by atoms with Crippen molar-refractivity contribution < 1.29 is 0 Å². The van der Waals surface area contributed by atoms with Crippen molar-refractivity contribution in [3.05, 3.63) is 35.4 Å². The average molecular weight is 307 g/mol. The van der Waals surface area contributed by atoms with E-state index in [9.17, 15) is 0 Å². The van der Waals surface area contributed by atoms with Gasteiger partial charge in [0.15, 0.2) is 0 Å². The van der Waals surface area contributed by atoms with E-state index >= 15 is 0 Å². The number of hydrogen-bond acceptors (Lipinski definition) is 3. The molecule has 1 fully saturated rings. The second-order valence-electron chi connectivity index (χ2n) is 7.33. The summed E-state index contributed by atoms with van der Waals surface area (Å²) in [6.45, 7) is 14.4. The molecule has 21 heavy (non-hydrogen) atoms. The van der Waals surface area contributed by atoms with Crippen LogP contribution in [-0.4, -0.2) is 35.0 Å². The van der Waals surface area contributed by atoms with Gasteiger partial charge in [-0.1, -0.05) is 58.9 Å². The molecule has 2 rings (SSSR count). The first-order valence-electron chi connectivity index (χ1n) is 8.01. The lowest BCUT2D eigenvalue weighted by atomic mass is 9.86. The smallest absolute Gasteiger partial charge is 0.0471 e. The lowest BCUT2D eigenvalue weighted by molar-refractivity contribution is 0.199. The van der Waals surface area contributed by atoms with Crippen molar-refractivity contribution >= 4 is 11.8 Å². The van der Waals surface area contributed by atoms with Gasteiger partial charge < -0.3 is 5.73 Å². The van der Waals surface area contributed by atoms with Crippen molar-refractivity contribution in [2.75, 3.05) is 19.6 Å². The van der Waals surface area contributed by atoms with Gasteiger partial charge in [0.25, 0.3) is 0 Å². The third-order valence-electron chi connectivity index (χ3n) is 4.27. The van der Waals surface area contributed by atoms with Gasteiger partial charge in [-0.05, 0) is 16.5 Å². The van der Waals surface area contributed by atoms with Gasteiger partial charge in [-0.2, -0.15) is 11.8 Å². The highest BCUT2D eigenvalue weighted by Crippen LogP contribution is 2.31. The summed E-state index contributed by atoms with van der Waals surface area (Å²) >= 11 is 2.09. The summed E-state index contributed by atoms with van der Waals surface area (Å²) in [5.74, 6) is 0. The van der Waals surface area contributed by atoms with Crippen LogP contribution in [0.4, 0.5) is 0 Å². The third kappa shape index (κ3) is 4.24. The van der Waals surface area contributed by atoms with E-state index in [1.165, 1.54) is 11.1 Å². The van der Waals surface area contributed by atoms with E-state index in [2.05, 4.69) is 75.5 Å². The molecule has 1 aromatic rings. The van der Waals surface area contributed by atoms with Crippen molar-refractivity contribution in [2.45, 2.75) is 56.6 Å². The van der Waals surface area contributed by atoms with E-state index in [0.29, 0.717) is 23.1 Å². The van der Waals surface area contributed by atoms with Gasteiger partial charge in [-0.3, -0.25) is 4.90 Å². The van der Waals surface area contributed by atoms with E-state index in [-0.39, 0.29) is 5.41 Å². The summed E-state index contributed by atoms with van der Waals surface area (Å²) in [6.07, 6.45) is 0. The van der Waals surface area contributed by atoms with Gasteiger partial charge in [0, 0.05) is 36.2 Å². The molecule has 3 unspecified atom stereocenters. The minimum atomic E-state index is 0.210. The standard InChI is InChI=1S/C18H30N2S/c1-13-11-20(12-14(2)21-13)17(10-19)15-6-8-16(9-7-15)18(3,4)5/h6-9,13-14,17H,10-12,19H2,1-5H3. The Balaban J connectivity index is 2.17. The molecule has 0 radical (unpaired) electrons. The van der Waals surface area contributed by atoms with Crippen LogP contribution in [-0.2, 0) is 5.41 Å². The maximum absolute atomic E-state index is 6.10. The highest BCUT2D eigenvalue weighted by atomic mass is 32.2. The number of nitrogens with zero attached hydrogens (tertiary/aromatic N) is 1. The molecule has 1 aliphatic heterocycles. The zero-order chi connectivity index (χ0) is 15.6. The van der Waals surface area contributed by atoms with Crippen LogP contribution < -0.4 is 5.73 Å². The summed E-state index contributed by atoms with van der Waals surface area (Å²) in [6, 6.07) is 9.43. The van der Waals surface area contributed by atoms with Crippen molar-refractivity contribution in [1.82, 2.24) is 4.90 Å². The van der Waals surface area contributed by atoms with Crippen LogP contribution in [0, 0.1) is 0 Å². The SMILES string of the molecule is CC1CN(C(CN)c2ccc(C(C)(C)C)cc2)CC(C)S1. The fraction of sp³-hybridized carbons (Fsp3) is 0.667. The Morgan fingerprint density at radius 1 is 1.14 bits per heavy atom. The molecule has 1 aliphatic rings. The summed E-state index contributed by atoms with van der Waals surface area (Å²) in [4.78, 5) is 2.57. The van der Waals surface area contributed by atoms with Crippen LogP contribution in [0.5, 0.6) is 0 Å². The fourth-order valence-corrected chi connectivity index (χ4v) is 4.52. The minimum absolute atomic E-state index is 0.210. The van der Waals surface area contributed by atoms with Crippen molar-refractivity contribution in [3.8, 4) is 0 Å². The highest BCUT2D eigenvalue weighted by Gasteiger charge is 2.28. The summed E-state index contributed by atoms with van der Waals surface area (Å²) in [7, 11) is 0. The van der Waals surface area contributed by atoms with E-state index < -0.39 is 0 Å². The Kier molecular flexibility index (Phi) is 5.39. The molecule has 2 nitrogen and oxygen atoms in total. The Bertz CT molecular complexity index is 439. The van der Waals surface area contributed by atoms with E-state index in [0.717, 1.165) is 13.1 Å². The predicted molar refractivity (Wildman–Crippen MR) is 95.0 cm³/mol. The lowest BCUT2D eigenvalue weighted by Gasteiger charge is -2.39. The Morgan fingerprint density at radius 2 is 1.67 bits per heavy atom. The Labute approximate surface area is 134 Å². The molecular weight excluding hydrogens is 276 g/mol.